The quantitative estimate of drug-likeness (QED) is 0.400. The zero-order valence-corrected chi connectivity index (χ0v) is 15.0. The van der Waals surface area contributed by atoms with Crippen molar-refractivity contribution in [2.45, 2.75) is 44.9 Å². The molecular formula is C22H25N4. The van der Waals surface area contributed by atoms with Crippen molar-refractivity contribution in [3.05, 3.63) is 66.6 Å². The Balaban J connectivity index is 1.14. The van der Waals surface area contributed by atoms with Gasteiger partial charge in [0.2, 0.25) is 0 Å². The minimum atomic E-state index is 1.07. The number of aromatic nitrogens is 4. The average molecular weight is 345 g/mol. The Labute approximate surface area is 154 Å². The van der Waals surface area contributed by atoms with E-state index < -0.39 is 0 Å². The van der Waals surface area contributed by atoms with Gasteiger partial charge in [-0.2, -0.15) is 0 Å². The first-order chi connectivity index (χ1) is 12.9. The van der Waals surface area contributed by atoms with Crippen molar-refractivity contribution in [2.24, 2.45) is 0 Å². The summed E-state index contributed by atoms with van der Waals surface area (Å²) < 4.78 is 0. The van der Waals surface area contributed by atoms with Crippen molar-refractivity contribution in [1.29, 1.82) is 0 Å². The highest BCUT2D eigenvalue weighted by molar-refractivity contribution is 5.78. The maximum absolute atomic E-state index is 4.38. The van der Waals surface area contributed by atoms with Crippen LogP contribution in [0.15, 0.2) is 49.1 Å². The number of hydrogen-bond donors (Lipinski definition) is 2. The van der Waals surface area contributed by atoms with Crippen LogP contribution in [-0.4, -0.2) is 19.9 Å². The van der Waals surface area contributed by atoms with Crippen LogP contribution in [-0.2, 0) is 12.8 Å². The highest BCUT2D eigenvalue weighted by Gasteiger charge is 2.04. The molecule has 133 valence electrons. The first-order valence-electron chi connectivity index (χ1n) is 9.55. The Bertz CT molecular complexity index is 886. The Morgan fingerprint density at radius 1 is 0.692 bits per heavy atom. The summed E-state index contributed by atoms with van der Waals surface area (Å²) in [6, 6.07) is 8.35. The van der Waals surface area contributed by atoms with Crippen LogP contribution in [0.1, 0.15) is 43.2 Å². The van der Waals surface area contributed by atoms with Gasteiger partial charge in [-0.3, -0.25) is 9.97 Å². The molecule has 0 aliphatic carbocycles. The highest BCUT2D eigenvalue weighted by atomic mass is 14.8. The molecule has 1 radical (unpaired) electrons. The summed E-state index contributed by atoms with van der Waals surface area (Å²) in [5.74, 6) is 0. The third-order valence-electron chi connectivity index (χ3n) is 5.03. The van der Waals surface area contributed by atoms with Gasteiger partial charge < -0.3 is 9.97 Å². The average Bonchev–Trinajstić information content (AvgIpc) is 3.33. The van der Waals surface area contributed by atoms with Gasteiger partial charge in [-0.1, -0.05) is 12.8 Å². The lowest BCUT2D eigenvalue weighted by Crippen LogP contribution is -1.91. The van der Waals surface area contributed by atoms with Crippen molar-refractivity contribution < 1.29 is 0 Å². The maximum atomic E-state index is 4.38. The number of nitrogens with one attached hydrogen (secondary N) is 2. The molecule has 0 saturated carbocycles. The summed E-state index contributed by atoms with van der Waals surface area (Å²) in [6.07, 6.45) is 18.5. The van der Waals surface area contributed by atoms with Gasteiger partial charge in [-0.25, -0.2) is 0 Å². The molecule has 4 rings (SSSR count). The van der Waals surface area contributed by atoms with Crippen LogP contribution in [0.2, 0.25) is 0 Å². The molecule has 2 N–H and O–H groups in total. The van der Waals surface area contributed by atoms with E-state index in [1.165, 1.54) is 54.3 Å². The summed E-state index contributed by atoms with van der Waals surface area (Å²) in [4.78, 5) is 15.4. The standard InChI is InChI=1S/C22H25N4/c1(3-5-7-17-9-13-23-19-11-15-25-21(17)19)2-4-6-8-18-10-14-24-20-12-16-26-22(18)20/h1,9-16,25-26H,2-8H2. The van der Waals surface area contributed by atoms with E-state index in [4.69, 9.17) is 0 Å². The van der Waals surface area contributed by atoms with E-state index in [9.17, 15) is 0 Å². The first kappa shape index (κ1) is 16.8. The van der Waals surface area contributed by atoms with Crippen molar-refractivity contribution in [2.75, 3.05) is 0 Å². The van der Waals surface area contributed by atoms with Crippen LogP contribution in [0, 0.1) is 6.42 Å². The van der Waals surface area contributed by atoms with Gasteiger partial charge in [0.25, 0.3) is 0 Å². The molecule has 0 aliphatic heterocycles. The van der Waals surface area contributed by atoms with Gasteiger partial charge in [-0.15, -0.1) is 0 Å². The molecule has 4 nitrogen and oxygen atoms in total. The normalized spacial score (nSPS) is 11.5. The number of pyridine rings is 2. The van der Waals surface area contributed by atoms with Crippen LogP contribution in [0.5, 0.6) is 0 Å². The van der Waals surface area contributed by atoms with Gasteiger partial charge in [0.1, 0.15) is 0 Å². The molecule has 26 heavy (non-hydrogen) atoms. The molecule has 0 amide bonds. The van der Waals surface area contributed by atoms with Crippen LogP contribution in [0.3, 0.4) is 0 Å². The monoisotopic (exact) mass is 345 g/mol. The molecule has 0 atom stereocenters. The molecule has 0 fully saturated rings. The second-order valence-corrected chi connectivity index (χ2v) is 6.84. The number of rotatable bonds is 9. The van der Waals surface area contributed by atoms with Crippen LogP contribution in [0.25, 0.3) is 22.1 Å². The number of hydrogen-bond acceptors (Lipinski definition) is 2. The van der Waals surface area contributed by atoms with E-state index in [2.05, 4.69) is 38.5 Å². The Morgan fingerprint density at radius 3 is 1.92 bits per heavy atom. The molecule has 4 heteroatoms. The number of nitrogens with zero attached hydrogens (tertiary/aromatic N) is 2. The second kappa shape index (κ2) is 8.17. The van der Waals surface area contributed by atoms with E-state index in [1.807, 2.05) is 36.9 Å². The van der Waals surface area contributed by atoms with Gasteiger partial charge in [0.05, 0.1) is 22.1 Å². The first-order valence-corrected chi connectivity index (χ1v) is 9.55. The summed E-state index contributed by atoms with van der Waals surface area (Å²) in [5, 5.41) is 0. The third kappa shape index (κ3) is 3.79. The van der Waals surface area contributed by atoms with E-state index in [0.717, 1.165) is 23.9 Å². The number of H-pyrrole nitrogens is 2. The lowest BCUT2D eigenvalue weighted by Gasteiger charge is -2.05. The van der Waals surface area contributed by atoms with Crippen LogP contribution in [0.4, 0.5) is 0 Å². The zero-order valence-electron chi connectivity index (χ0n) is 15.0. The van der Waals surface area contributed by atoms with Crippen molar-refractivity contribution >= 4 is 22.1 Å². The molecule has 0 aliphatic rings. The number of fused-ring (bicyclic) bond motifs is 2. The minimum absolute atomic E-state index is 1.07. The smallest absolute Gasteiger partial charge is 0.0881 e. The van der Waals surface area contributed by atoms with Crippen LogP contribution < -0.4 is 0 Å². The van der Waals surface area contributed by atoms with Crippen molar-refractivity contribution in [3.8, 4) is 0 Å². The van der Waals surface area contributed by atoms with E-state index in [1.54, 1.807) is 0 Å². The molecule has 4 aromatic rings. The molecule has 0 spiro atoms. The van der Waals surface area contributed by atoms with Crippen molar-refractivity contribution in [3.63, 3.8) is 0 Å². The summed E-state index contributed by atoms with van der Waals surface area (Å²) >= 11 is 0. The lowest BCUT2D eigenvalue weighted by atomic mass is 10.0. The maximum Gasteiger partial charge on any atom is 0.0881 e. The van der Waals surface area contributed by atoms with Gasteiger partial charge in [0, 0.05) is 24.8 Å². The predicted molar refractivity (Wildman–Crippen MR) is 107 cm³/mol. The molecule has 4 aromatic heterocycles. The van der Waals surface area contributed by atoms with Crippen molar-refractivity contribution in [1.82, 2.24) is 19.9 Å². The number of aromatic amines is 2. The SMILES string of the molecule is [CH](CCCCc1ccnc2cc[nH]c12)CCCc1ccnc2cc[nH]c12. The fourth-order valence-corrected chi connectivity index (χ4v) is 3.64. The molecule has 0 unspecified atom stereocenters. The molecule has 4 heterocycles. The van der Waals surface area contributed by atoms with Gasteiger partial charge >= 0.3 is 0 Å². The highest BCUT2D eigenvalue weighted by Crippen LogP contribution is 2.19. The largest absolute Gasteiger partial charge is 0.360 e. The fraction of sp³-hybridized carbons (Fsp3) is 0.318. The Kier molecular flexibility index (Phi) is 5.29. The Hall–Kier alpha value is -2.62. The fourth-order valence-electron chi connectivity index (χ4n) is 3.64. The van der Waals surface area contributed by atoms with E-state index in [0.29, 0.717) is 0 Å². The minimum Gasteiger partial charge on any atom is -0.360 e. The molecular weight excluding hydrogens is 320 g/mol. The number of aryl methyl sites for hydroxylation is 2. The predicted octanol–water partition coefficient (Wildman–Crippen LogP) is 5.38. The lowest BCUT2D eigenvalue weighted by molar-refractivity contribution is 0.688. The zero-order chi connectivity index (χ0) is 17.6. The summed E-state index contributed by atoms with van der Waals surface area (Å²) in [5.41, 5.74) is 7.29. The van der Waals surface area contributed by atoms with Gasteiger partial charge in [-0.05, 0) is 73.9 Å². The van der Waals surface area contributed by atoms with Crippen LogP contribution >= 0.6 is 0 Å². The molecule has 0 aromatic carbocycles. The van der Waals surface area contributed by atoms with E-state index in [-0.39, 0.29) is 0 Å². The summed E-state index contributed by atoms with van der Waals surface area (Å²) in [6.45, 7) is 0. The Morgan fingerprint density at radius 2 is 1.27 bits per heavy atom. The van der Waals surface area contributed by atoms with E-state index >= 15 is 0 Å². The topological polar surface area (TPSA) is 57.4 Å². The van der Waals surface area contributed by atoms with Gasteiger partial charge in [0.15, 0.2) is 0 Å². The second-order valence-electron chi connectivity index (χ2n) is 6.84. The molecule has 0 bridgehead atoms. The third-order valence-corrected chi connectivity index (χ3v) is 5.03. The number of unbranched alkanes of at least 4 members (excludes halogenated alkanes) is 5. The summed E-state index contributed by atoms with van der Waals surface area (Å²) in [7, 11) is 0. The molecule has 0 saturated heterocycles.